The summed E-state index contributed by atoms with van der Waals surface area (Å²) in [6.45, 7) is 0. The van der Waals surface area contributed by atoms with Gasteiger partial charge in [0.2, 0.25) is 5.91 Å². The number of hydrogen-bond donors (Lipinski definition) is 1. The fourth-order valence-electron chi connectivity index (χ4n) is 3.00. The second kappa shape index (κ2) is 5.41. The van der Waals surface area contributed by atoms with Gasteiger partial charge in [0.05, 0.1) is 11.1 Å². The van der Waals surface area contributed by atoms with E-state index in [9.17, 15) is 22.8 Å². The molecule has 1 atom stereocenters. The molecule has 9 heteroatoms. The van der Waals surface area contributed by atoms with Crippen LogP contribution in [0.2, 0.25) is 0 Å². The van der Waals surface area contributed by atoms with E-state index in [2.05, 4.69) is 10.3 Å². The van der Waals surface area contributed by atoms with E-state index in [0.717, 1.165) is 12.1 Å². The van der Waals surface area contributed by atoms with Crippen molar-refractivity contribution in [3.05, 3.63) is 62.9 Å². The number of rotatable bonds is 1. The Morgan fingerprint density at radius 3 is 2.60 bits per heavy atom. The highest BCUT2D eigenvalue weighted by Gasteiger charge is 2.33. The summed E-state index contributed by atoms with van der Waals surface area (Å²) in [7, 11) is 0. The third-order valence-corrected chi connectivity index (χ3v) is 4.91. The van der Waals surface area contributed by atoms with Gasteiger partial charge in [-0.3, -0.25) is 14.0 Å². The first-order valence-electron chi connectivity index (χ1n) is 7.31. The maximum Gasteiger partial charge on any atom is 0.416 e. The first kappa shape index (κ1) is 15.8. The molecule has 1 aliphatic heterocycles. The lowest BCUT2D eigenvalue weighted by Crippen LogP contribution is -2.31. The van der Waals surface area contributed by atoms with Crippen molar-refractivity contribution >= 4 is 28.0 Å². The van der Waals surface area contributed by atoms with Crippen LogP contribution in [0.4, 0.5) is 19.0 Å². The zero-order valence-corrected chi connectivity index (χ0v) is 13.3. The molecule has 0 saturated carbocycles. The van der Waals surface area contributed by atoms with Crippen molar-refractivity contribution in [1.82, 2.24) is 9.38 Å². The predicted octanol–water partition coefficient (Wildman–Crippen LogP) is 3.25. The first-order chi connectivity index (χ1) is 11.8. The van der Waals surface area contributed by atoms with Gasteiger partial charge in [0.15, 0.2) is 4.96 Å². The van der Waals surface area contributed by atoms with E-state index in [0.29, 0.717) is 16.3 Å². The third-order valence-electron chi connectivity index (χ3n) is 4.15. The number of benzene rings is 1. The fraction of sp³-hybridized carbons (Fsp3) is 0.188. The number of alkyl halides is 3. The maximum atomic E-state index is 12.7. The van der Waals surface area contributed by atoms with Crippen LogP contribution in [-0.2, 0) is 11.0 Å². The number of anilines is 1. The molecule has 25 heavy (non-hydrogen) atoms. The fourth-order valence-corrected chi connectivity index (χ4v) is 3.71. The molecular weight excluding hydrogens is 355 g/mol. The summed E-state index contributed by atoms with van der Waals surface area (Å²) in [5.41, 5.74) is -0.504. The highest BCUT2D eigenvalue weighted by atomic mass is 32.1. The van der Waals surface area contributed by atoms with E-state index in [4.69, 9.17) is 0 Å². The molecule has 128 valence electrons. The van der Waals surface area contributed by atoms with E-state index in [1.54, 1.807) is 16.0 Å². The van der Waals surface area contributed by atoms with Crippen LogP contribution >= 0.6 is 11.3 Å². The Kier molecular flexibility index (Phi) is 3.43. The van der Waals surface area contributed by atoms with Crippen LogP contribution in [0.1, 0.15) is 29.0 Å². The highest BCUT2D eigenvalue weighted by Crippen LogP contribution is 2.37. The monoisotopic (exact) mass is 365 g/mol. The van der Waals surface area contributed by atoms with Crippen molar-refractivity contribution in [2.75, 3.05) is 5.32 Å². The van der Waals surface area contributed by atoms with Crippen molar-refractivity contribution in [3.8, 4) is 0 Å². The number of hydrogen-bond acceptors (Lipinski definition) is 4. The minimum Gasteiger partial charge on any atom is -0.311 e. The Labute approximate surface area is 142 Å². The topological polar surface area (TPSA) is 63.5 Å². The first-order valence-corrected chi connectivity index (χ1v) is 8.19. The molecule has 1 amide bonds. The van der Waals surface area contributed by atoms with Crippen molar-refractivity contribution in [2.24, 2.45) is 0 Å². The maximum absolute atomic E-state index is 12.7. The lowest BCUT2D eigenvalue weighted by atomic mass is 9.86. The molecule has 0 bridgehead atoms. The molecule has 5 nitrogen and oxygen atoms in total. The number of nitrogens with zero attached hydrogens (tertiary/aromatic N) is 2. The van der Waals surface area contributed by atoms with Gasteiger partial charge in [0.1, 0.15) is 5.82 Å². The highest BCUT2D eigenvalue weighted by molar-refractivity contribution is 7.15. The molecule has 0 aliphatic carbocycles. The number of amides is 1. The van der Waals surface area contributed by atoms with Crippen LogP contribution < -0.4 is 10.9 Å². The normalized spacial score (nSPS) is 17.4. The smallest absolute Gasteiger partial charge is 0.311 e. The van der Waals surface area contributed by atoms with Gasteiger partial charge in [-0.1, -0.05) is 12.1 Å². The van der Waals surface area contributed by atoms with Crippen LogP contribution in [0.5, 0.6) is 0 Å². The number of halogens is 3. The molecule has 4 rings (SSSR count). The lowest BCUT2D eigenvalue weighted by molar-refractivity contribution is -0.137. The lowest BCUT2D eigenvalue weighted by Gasteiger charge is -2.25. The minimum atomic E-state index is -4.44. The van der Waals surface area contributed by atoms with Crippen LogP contribution in [-0.4, -0.2) is 15.3 Å². The van der Waals surface area contributed by atoms with Gasteiger partial charge in [-0.25, -0.2) is 0 Å². The Bertz CT molecular complexity index is 1040. The van der Waals surface area contributed by atoms with Crippen molar-refractivity contribution < 1.29 is 18.0 Å². The molecule has 1 aromatic carbocycles. The summed E-state index contributed by atoms with van der Waals surface area (Å²) in [6.07, 6.45) is -2.78. The summed E-state index contributed by atoms with van der Waals surface area (Å²) in [4.78, 5) is 29.0. The number of carbonyl (C=O) groups excluding carboxylic acids is 1. The molecule has 1 N–H and O–H groups in total. The predicted molar refractivity (Wildman–Crippen MR) is 85.9 cm³/mol. The molecule has 0 spiro atoms. The molecule has 0 radical (unpaired) electrons. The summed E-state index contributed by atoms with van der Waals surface area (Å²) >= 11 is 1.25. The van der Waals surface area contributed by atoms with E-state index in [1.807, 2.05) is 0 Å². The molecule has 1 unspecified atom stereocenters. The Morgan fingerprint density at radius 1 is 1.20 bits per heavy atom. The SMILES string of the molecule is O=C1CC(c2ccc(C(F)(F)F)cc2)c2c(n3ccsc3nc2=O)N1. The summed E-state index contributed by atoms with van der Waals surface area (Å²) in [6, 6.07) is 4.51. The zero-order valence-electron chi connectivity index (χ0n) is 12.5. The largest absolute Gasteiger partial charge is 0.416 e. The van der Waals surface area contributed by atoms with E-state index < -0.39 is 23.2 Å². The van der Waals surface area contributed by atoms with Gasteiger partial charge in [0, 0.05) is 23.9 Å². The number of thiazole rings is 1. The van der Waals surface area contributed by atoms with Gasteiger partial charge < -0.3 is 5.32 Å². The number of fused-ring (bicyclic) bond motifs is 3. The zero-order chi connectivity index (χ0) is 17.8. The van der Waals surface area contributed by atoms with Crippen molar-refractivity contribution in [3.63, 3.8) is 0 Å². The quantitative estimate of drug-likeness (QED) is 0.720. The number of aromatic nitrogens is 2. The number of carbonyl (C=O) groups is 1. The van der Waals surface area contributed by atoms with Gasteiger partial charge >= 0.3 is 6.18 Å². The van der Waals surface area contributed by atoms with Crippen LogP contribution in [0.25, 0.3) is 4.96 Å². The van der Waals surface area contributed by atoms with Gasteiger partial charge in [-0.15, -0.1) is 11.3 Å². The van der Waals surface area contributed by atoms with Crippen LogP contribution in [0, 0.1) is 0 Å². The third kappa shape index (κ3) is 2.60. The van der Waals surface area contributed by atoms with Crippen LogP contribution in [0.3, 0.4) is 0 Å². The van der Waals surface area contributed by atoms with Crippen molar-refractivity contribution in [1.29, 1.82) is 0 Å². The molecule has 1 aliphatic rings. The van der Waals surface area contributed by atoms with Gasteiger partial charge in [-0.2, -0.15) is 18.2 Å². The Morgan fingerprint density at radius 2 is 1.92 bits per heavy atom. The summed E-state index contributed by atoms with van der Waals surface area (Å²) in [5.74, 6) is -0.608. The molecule has 0 fully saturated rings. The average Bonchev–Trinajstić information content (AvgIpc) is 3.02. The Hall–Kier alpha value is -2.68. The standard InChI is InChI=1S/C16H10F3N3O2S/c17-16(18,19)9-3-1-8(2-4-9)10-7-11(23)20-13-12(10)14(24)21-15-22(13)5-6-25-15/h1-6,10H,7H2,(H,20,23). The van der Waals surface area contributed by atoms with E-state index in [-0.39, 0.29) is 17.9 Å². The molecule has 3 heterocycles. The summed E-state index contributed by atoms with van der Waals surface area (Å²) in [5, 5.41) is 4.41. The van der Waals surface area contributed by atoms with Crippen molar-refractivity contribution in [2.45, 2.75) is 18.5 Å². The number of nitrogens with one attached hydrogen (secondary N) is 1. The Balaban J connectivity index is 1.88. The molecule has 0 saturated heterocycles. The second-order valence-corrected chi connectivity index (χ2v) is 6.53. The molecular formula is C16H10F3N3O2S. The van der Waals surface area contributed by atoms with Gasteiger partial charge in [-0.05, 0) is 17.7 Å². The summed E-state index contributed by atoms with van der Waals surface area (Å²) < 4.78 is 39.8. The molecule has 2 aromatic heterocycles. The van der Waals surface area contributed by atoms with E-state index in [1.165, 1.54) is 23.5 Å². The van der Waals surface area contributed by atoms with Crippen LogP contribution in [0.15, 0.2) is 40.6 Å². The van der Waals surface area contributed by atoms with E-state index >= 15 is 0 Å². The second-order valence-electron chi connectivity index (χ2n) is 5.66. The molecule has 3 aromatic rings. The van der Waals surface area contributed by atoms with Gasteiger partial charge in [0.25, 0.3) is 5.56 Å². The minimum absolute atomic E-state index is 0.0223. The average molecular weight is 365 g/mol.